The van der Waals surface area contributed by atoms with E-state index in [4.69, 9.17) is 4.74 Å². The van der Waals surface area contributed by atoms with Crippen molar-refractivity contribution in [3.63, 3.8) is 0 Å². The molecular weight excluding hydrogens is 428 g/mol. The second-order valence-electron chi connectivity index (χ2n) is 8.22. The van der Waals surface area contributed by atoms with Crippen LogP contribution in [0.4, 0.5) is 5.82 Å². The second kappa shape index (κ2) is 9.97. The number of pyridine rings is 1. The van der Waals surface area contributed by atoms with E-state index in [0.29, 0.717) is 58.9 Å². The molecule has 1 aromatic carbocycles. The smallest absolute Gasteiger partial charge is 0.244 e. The number of aryl methyl sites for hydroxylation is 2. The number of benzene rings is 1. The van der Waals surface area contributed by atoms with Crippen LogP contribution >= 0.6 is 0 Å². The molecule has 2 aromatic rings. The zero-order chi connectivity index (χ0) is 22.6. The monoisotopic (exact) mass is 458 g/mol. The van der Waals surface area contributed by atoms with E-state index in [1.165, 1.54) is 21.6 Å². The number of rotatable bonds is 6. The molecule has 172 valence electrons. The molecule has 0 saturated carbocycles. The molecule has 0 N–H and O–H groups in total. The van der Waals surface area contributed by atoms with Gasteiger partial charge in [0.15, 0.2) is 0 Å². The molecule has 1 aromatic heterocycles. The molecule has 0 unspecified atom stereocenters. The molecule has 3 heterocycles. The fourth-order valence-electron chi connectivity index (χ4n) is 4.00. The number of aromatic nitrogens is 1. The first kappa shape index (κ1) is 22.7. The van der Waals surface area contributed by atoms with Crippen LogP contribution in [-0.4, -0.2) is 81.0 Å². The number of sulfonamides is 1. The lowest BCUT2D eigenvalue weighted by atomic mass is 10.1. The molecule has 0 bridgehead atoms. The molecule has 2 fully saturated rings. The molecule has 0 spiro atoms. The highest BCUT2D eigenvalue weighted by Gasteiger charge is 2.27. The van der Waals surface area contributed by atoms with Crippen molar-refractivity contribution in [3.8, 4) is 0 Å². The third-order valence-corrected chi connectivity index (χ3v) is 7.92. The van der Waals surface area contributed by atoms with Crippen molar-refractivity contribution in [1.82, 2.24) is 14.2 Å². The van der Waals surface area contributed by atoms with Crippen molar-refractivity contribution in [3.05, 3.63) is 53.7 Å². The van der Waals surface area contributed by atoms with Crippen LogP contribution in [0.3, 0.4) is 0 Å². The maximum absolute atomic E-state index is 12.7. The SMILES string of the molecule is Cc1ccc(CCC(=O)N2CCN(c3ccc(S(=O)(=O)N4CCOCC4)cn3)CC2)cc1. The van der Waals surface area contributed by atoms with Crippen LogP contribution in [-0.2, 0) is 26.0 Å². The number of anilines is 1. The number of ether oxygens (including phenoxy) is 1. The van der Waals surface area contributed by atoms with E-state index in [9.17, 15) is 13.2 Å². The van der Waals surface area contributed by atoms with Gasteiger partial charge >= 0.3 is 0 Å². The van der Waals surface area contributed by atoms with Gasteiger partial charge in [-0.05, 0) is 31.0 Å². The summed E-state index contributed by atoms with van der Waals surface area (Å²) in [7, 11) is -3.54. The van der Waals surface area contributed by atoms with E-state index in [1.54, 1.807) is 12.1 Å². The fraction of sp³-hybridized carbons (Fsp3) is 0.478. The Bertz CT molecular complexity index is 1010. The highest BCUT2D eigenvalue weighted by molar-refractivity contribution is 7.89. The van der Waals surface area contributed by atoms with Gasteiger partial charge in [0, 0.05) is 51.9 Å². The molecule has 1 amide bonds. The van der Waals surface area contributed by atoms with Gasteiger partial charge in [-0.1, -0.05) is 29.8 Å². The first-order chi connectivity index (χ1) is 15.4. The number of hydrogen-bond donors (Lipinski definition) is 0. The topological polar surface area (TPSA) is 83.1 Å². The van der Waals surface area contributed by atoms with Gasteiger partial charge in [-0.25, -0.2) is 13.4 Å². The fourth-order valence-corrected chi connectivity index (χ4v) is 5.35. The van der Waals surface area contributed by atoms with Crippen LogP contribution in [0.1, 0.15) is 17.5 Å². The molecule has 8 nitrogen and oxygen atoms in total. The summed E-state index contributed by atoms with van der Waals surface area (Å²) >= 11 is 0. The van der Waals surface area contributed by atoms with Gasteiger partial charge < -0.3 is 14.5 Å². The summed E-state index contributed by atoms with van der Waals surface area (Å²) in [6.07, 6.45) is 2.69. The lowest BCUT2D eigenvalue weighted by molar-refractivity contribution is -0.131. The molecule has 0 aliphatic carbocycles. The standard InChI is InChI=1S/C23H30N4O4S/c1-19-2-4-20(5-3-19)6-9-23(28)26-12-10-25(11-13-26)22-8-7-21(18-24-22)32(29,30)27-14-16-31-17-15-27/h2-5,7-8,18H,6,9-17H2,1H3. The average molecular weight is 459 g/mol. The third-order valence-electron chi connectivity index (χ3n) is 6.03. The molecular formula is C23H30N4O4S. The van der Waals surface area contributed by atoms with Crippen molar-refractivity contribution < 1.29 is 17.9 Å². The minimum absolute atomic E-state index is 0.171. The van der Waals surface area contributed by atoms with Gasteiger partial charge in [0.2, 0.25) is 15.9 Å². The van der Waals surface area contributed by atoms with Gasteiger partial charge in [-0.15, -0.1) is 0 Å². The lowest BCUT2D eigenvalue weighted by Gasteiger charge is -2.35. The zero-order valence-corrected chi connectivity index (χ0v) is 19.3. The van der Waals surface area contributed by atoms with E-state index in [1.807, 2.05) is 4.90 Å². The Labute approximate surface area is 189 Å². The first-order valence-electron chi connectivity index (χ1n) is 11.1. The Balaban J connectivity index is 1.29. The number of nitrogens with zero attached hydrogens (tertiary/aromatic N) is 4. The van der Waals surface area contributed by atoms with Crippen LogP contribution in [0.5, 0.6) is 0 Å². The number of morpholine rings is 1. The molecule has 0 radical (unpaired) electrons. The van der Waals surface area contributed by atoms with Gasteiger partial charge in [0.1, 0.15) is 10.7 Å². The number of carbonyl (C=O) groups is 1. The largest absolute Gasteiger partial charge is 0.379 e. The maximum Gasteiger partial charge on any atom is 0.244 e. The predicted molar refractivity (Wildman–Crippen MR) is 122 cm³/mol. The van der Waals surface area contributed by atoms with Crippen LogP contribution < -0.4 is 4.90 Å². The number of carbonyl (C=O) groups excluding carboxylic acids is 1. The zero-order valence-electron chi connectivity index (χ0n) is 18.4. The van der Waals surface area contributed by atoms with Gasteiger partial charge in [-0.3, -0.25) is 4.79 Å². The van der Waals surface area contributed by atoms with Crippen LogP contribution in [0.25, 0.3) is 0 Å². The number of amides is 1. The van der Waals surface area contributed by atoms with Crippen LogP contribution in [0.15, 0.2) is 47.5 Å². The Morgan fingerprint density at radius 3 is 2.28 bits per heavy atom. The van der Waals surface area contributed by atoms with Crippen molar-refractivity contribution in [2.75, 3.05) is 57.4 Å². The quantitative estimate of drug-likeness (QED) is 0.655. The summed E-state index contributed by atoms with van der Waals surface area (Å²) in [5.41, 5.74) is 2.40. The predicted octanol–water partition coefficient (Wildman–Crippen LogP) is 1.69. The van der Waals surface area contributed by atoms with Crippen molar-refractivity contribution in [1.29, 1.82) is 0 Å². The lowest BCUT2D eigenvalue weighted by Crippen LogP contribution is -2.49. The summed E-state index contributed by atoms with van der Waals surface area (Å²) < 4.78 is 32.2. The Hall–Kier alpha value is -2.49. The van der Waals surface area contributed by atoms with Crippen molar-refractivity contribution >= 4 is 21.7 Å². The summed E-state index contributed by atoms with van der Waals surface area (Å²) in [5.74, 6) is 0.905. The number of hydrogen-bond acceptors (Lipinski definition) is 6. The van der Waals surface area contributed by atoms with E-state index in [2.05, 4.69) is 41.1 Å². The molecule has 2 saturated heterocycles. The number of piperazine rings is 1. The summed E-state index contributed by atoms with van der Waals surface area (Å²) in [6, 6.07) is 11.7. The van der Waals surface area contributed by atoms with Gasteiger partial charge in [0.05, 0.1) is 13.2 Å². The Morgan fingerprint density at radius 2 is 1.66 bits per heavy atom. The third kappa shape index (κ3) is 5.28. The Morgan fingerprint density at radius 1 is 0.969 bits per heavy atom. The van der Waals surface area contributed by atoms with E-state index in [-0.39, 0.29) is 10.8 Å². The van der Waals surface area contributed by atoms with Crippen LogP contribution in [0, 0.1) is 6.92 Å². The maximum atomic E-state index is 12.7. The minimum Gasteiger partial charge on any atom is -0.379 e. The van der Waals surface area contributed by atoms with E-state index >= 15 is 0 Å². The minimum atomic E-state index is -3.54. The molecule has 4 rings (SSSR count). The highest BCUT2D eigenvalue weighted by Crippen LogP contribution is 2.20. The first-order valence-corrected chi connectivity index (χ1v) is 12.5. The molecule has 2 aliphatic rings. The normalized spacial score (nSPS) is 18.0. The molecule has 9 heteroatoms. The van der Waals surface area contributed by atoms with Crippen LogP contribution in [0.2, 0.25) is 0 Å². The molecule has 0 atom stereocenters. The summed E-state index contributed by atoms with van der Waals surface area (Å²) in [6.45, 7) is 6.26. The van der Waals surface area contributed by atoms with Crippen molar-refractivity contribution in [2.24, 2.45) is 0 Å². The van der Waals surface area contributed by atoms with Gasteiger partial charge in [0.25, 0.3) is 0 Å². The summed E-state index contributed by atoms with van der Waals surface area (Å²) in [4.78, 5) is 21.2. The highest BCUT2D eigenvalue weighted by atomic mass is 32.2. The van der Waals surface area contributed by atoms with E-state index in [0.717, 1.165) is 12.2 Å². The second-order valence-corrected chi connectivity index (χ2v) is 10.2. The van der Waals surface area contributed by atoms with Crippen molar-refractivity contribution in [2.45, 2.75) is 24.7 Å². The summed E-state index contributed by atoms with van der Waals surface area (Å²) in [5, 5.41) is 0. The van der Waals surface area contributed by atoms with Gasteiger partial charge in [-0.2, -0.15) is 4.31 Å². The molecule has 2 aliphatic heterocycles. The molecule has 32 heavy (non-hydrogen) atoms. The Kier molecular flexibility index (Phi) is 7.07. The van der Waals surface area contributed by atoms with E-state index < -0.39 is 10.0 Å². The average Bonchev–Trinajstić information content (AvgIpc) is 2.84.